The van der Waals surface area contributed by atoms with Crippen LogP contribution in [0, 0.1) is 0 Å². The highest BCUT2D eigenvalue weighted by atomic mass is 35.5. The molecular formula is C14H16ClN5O2. The lowest BCUT2D eigenvalue weighted by atomic mass is 10.1. The third kappa shape index (κ3) is 2.95. The number of aromatic nitrogens is 4. The van der Waals surface area contributed by atoms with Crippen LogP contribution < -0.4 is 0 Å². The molecule has 22 heavy (non-hydrogen) atoms. The van der Waals surface area contributed by atoms with E-state index in [9.17, 15) is 4.79 Å². The van der Waals surface area contributed by atoms with Crippen molar-refractivity contribution in [2.45, 2.75) is 26.1 Å². The van der Waals surface area contributed by atoms with Gasteiger partial charge in [0.1, 0.15) is 6.33 Å². The number of hydrogen-bond acceptors (Lipinski definition) is 5. The Morgan fingerprint density at radius 1 is 1.32 bits per heavy atom. The van der Waals surface area contributed by atoms with Gasteiger partial charge >= 0.3 is 0 Å². The highest BCUT2D eigenvalue weighted by Gasteiger charge is 2.28. The summed E-state index contributed by atoms with van der Waals surface area (Å²) in [5.74, 6) is -0.102. The maximum Gasteiger partial charge on any atom is 0.256 e. The van der Waals surface area contributed by atoms with Crippen LogP contribution in [0.1, 0.15) is 24.2 Å². The van der Waals surface area contributed by atoms with E-state index in [1.54, 1.807) is 23.1 Å². The van der Waals surface area contributed by atoms with Gasteiger partial charge in [0.2, 0.25) is 0 Å². The van der Waals surface area contributed by atoms with Crippen LogP contribution in [0.4, 0.5) is 0 Å². The molecule has 3 rings (SSSR count). The number of benzene rings is 1. The van der Waals surface area contributed by atoms with Crippen molar-refractivity contribution < 1.29 is 9.53 Å². The Hall–Kier alpha value is -1.99. The zero-order chi connectivity index (χ0) is 15.7. The summed E-state index contributed by atoms with van der Waals surface area (Å²) in [5.41, 5.74) is 1.08. The summed E-state index contributed by atoms with van der Waals surface area (Å²) in [5, 5.41) is 11.6. The Bertz CT molecular complexity index is 666. The molecule has 1 amide bonds. The second-order valence-corrected chi connectivity index (χ2v) is 5.82. The van der Waals surface area contributed by atoms with Crippen molar-refractivity contribution in [3.63, 3.8) is 0 Å². The van der Waals surface area contributed by atoms with Gasteiger partial charge in [-0.1, -0.05) is 11.6 Å². The molecule has 2 atom stereocenters. The second kappa shape index (κ2) is 6.02. The van der Waals surface area contributed by atoms with Gasteiger partial charge in [0.25, 0.3) is 5.91 Å². The van der Waals surface area contributed by atoms with E-state index >= 15 is 0 Å². The van der Waals surface area contributed by atoms with Crippen molar-refractivity contribution in [1.29, 1.82) is 0 Å². The van der Waals surface area contributed by atoms with E-state index in [-0.39, 0.29) is 18.1 Å². The fourth-order valence-corrected chi connectivity index (χ4v) is 2.84. The van der Waals surface area contributed by atoms with E-state index in [1.807, 2.05) is 13.8 Å². The van der Waals surface area contributed by atoms with Gasteiger partial charge in [-0.3, -0.25) is 4.79 Å². The van der Waals surface area contributed by atoms with E-state index in [2.05, 4.69) is 15.5 Å². The van der Waals surface area contributed by atoms with Crippen LogP contribution in [0.3, 0.4) is 0 Å². The molecule has 1 fully saturated rings. The van der Waals surface area contributed by atoms with Gasteiger partial charge in [0, 0.05) is 18.1 Å². The second-order valence-electron chi connectivity index (χ2n) is 5.38. The molecule has 8 heteroatoms. The van der Waals surface area contributed by atoms with Gasteiger partial charge < -0.3 is 9.64 Å². The fourth-order valence-electron chi connectivity index (χ4n) is 2.67. The summed E-state index contributed by atoms with van der Waals surface area (Å²) in [6, 6.07) is 5.09. The molecule has 116 valence electrons. The van der Waals surface area contributed by atoms with Crippen molar-refractivity contribution >= 4 is 17.5 Å². The normalized spacial score (nSPS) is 21.9. The maximum atomic E-state index is 12.9. The van der Waals surface area contributed by atoms with E-state index in [0.29, 0.717) is 29.4 Å². The first-order valence-electron chi connectivity index (χ1n) is 7.02. The molecule has 0 spiro atoms. The molecule has 0 unspecified atom stereocenters. The predicted molar refractivity (Wildman–Crippen MR) is 80.1 cm³/mol. The molecule has 1 aliphatic rings. The molecule has 2 heterocycles. The van der Waals surface area contributed by atoms with Crippen LogP contribution in [0.2, 0.25) is 5.02 Å². The monoisotopic (exact) mass is 321 g/mol. The Kier molecular flexibility index (Phi) is 4.08. The van der Waals surface area contributed by atoms with Crippen molar-refractivity contribution in [3.05, 3.63) is 35.1 Å². The molecule has 0 saturated carbocycles. The Balaban J connectivity index is 1.96. The summed E-state index contributed by atoms with van der Waals surface area (Å²) < 4.78 is 7.13. The summed E-state index contributed by atoms with van der Waals surface area (Å²) in [6.45, 7) is 5.00. The van der Waals surface area contributed by atoms with Crippen molar-refractivity contribution in [1.82, 2.24) is 25.1 Å². The Labute approximate surface area is 132 Å². The maximum absolute atomic E-state index is 12.9. The summed E-state index contributed by atoms with van der Waals surface area (Å²) in [7, 11) is 0. The lowest BCUT2D eigenvalue weighted by Gasteiger charge is -2.35. The van der Waals surface area contributed by atoms with Gasteiger partial charge in [-0.05, 0) is 42.5 Å². The first-order chi connectivity index (χ1) is 10.5. The van der Waals surface area contributed by atoms with Crippen LogP contribution in [-0.2, 0) is 4.74 Å². The fraction of sp³-hybridized carbons (Fsp3) is 0.429. The SMILES string of the molecule is C[C@H]1CN(C(=O)c2cc(Cl)ccc2-n2cnnn2)C[C@H](C)O1. The molecule has 7 nitrogen and oxygen atoms in total. The highest BCUT2D eigenvalue weighted by Crippen LogP contribution is 2.22. The summed E-state index contributed by atoms with van der Waals surface area (Å²) >= 11 is 6.06. The smallest absolute Gasteiger partial charge is 0.256 e. The number of ether oxygens (including phenoxy) is 1. The largest absolute Gasteiger partial charge is 0.372 e. The van der Waals surface area contributed by atoms with Crippen LogP contribution in [0.5, 0.6) is 0 Å². The van der Waals surface area contributed by atoms with Gasteiger partial charge in [-0.2, -0.15) is 4.68 Å². The lowest BCUT2D eigenvalue weighted by molar-refractivity contribution is -0.0586. The number of nitrogens with zero attached hydrogens (tertiary/aromatic N) is 5. The topological polar surface area (TPSA) is 73.1 Å². The molecule has 0 N–H and O–H groups in total. The molecule has 0 radical (unpaired) electrons. The molecule has 0 aliphatic carbocycles. The number of hydrogen-bond donors (Lipinski definition) is 0. The molecular weight excluding hydrogens is 306 g/mol. The number of tetrazole rings is 1. The zero-order valence-corrected chi connectivity index (χ0v) is 13.1. The minimum Gasteiger partial charge on any atom is -0.372 e. The molecule has 1 aromatic heterocycles. The van der Waals surface area contributed by atoms with Gasteiger partial charge in [-0.15, -0.1) is 5.10 Å². The van der Waals surface area contributed by atoms with Crippen LogP contribution >= 0.6 is 11.6 Å². The van der Waals surface area contributed by atoms with Gasteiger partial charge in [0.15, 0.2) is 0 Å². The average molecular weight is 322 g/mol. The quantitative estimate of drug-likeness (QED) is 0.839. The number of rotatable bonds is 2. The van der Waals surface area contributed by atoms with Crippen molar-refractivity contribution in [2.75, 3.05) is 13.1 Å². The van der Waals surface area contributed by atoms with E-state index in [0.717, 1.165) is 0 Å². The first kappa shape index (κ1) is 14.9. The minimum atomic E-state index is -0.102. The van der Waals surface area contributed by atoms with Crippen LogP contribution in [0.15, 0.2) is 24.5 Å². The molecule has 2 aromatic rings. The summed E-state index contributed by atoms with van der Waals surface area (Å²) in [6.07, 6.45) is 1.46. The number of carbonyl (C=O) groups is 1. The first-order valence-corrected chi connectivity index (χ1v) is 7.40. The van der Waals surface area contributed by atoms with Crippen LogP contribution in [-0.4, -0.2) is 56.3 Å². The Morgan fingerprint density at radius 3 is 2.68 bits per heavy atom. The van der Waals surface area contributed by atoms with Crippen molar-refractivity contribution in [2.24, 2.45) is 0 Å². The van der Waals surface area contributed by atoms with Gasteiger partial charge in [-0.25, -0.2) is 0 Å². The average Bonchev–Trinajstić information content (AvgIpc) is 2.99. The van der Waals surface area contributed by atoms with Crippen LogP contribution in [0.25, 0.3) is 5.69 Å². The van der Waals surface area contributed by atoms with Gasteiger partial charge in [0.05, 0.1) is 23.5 Å². The predicted octanol–water partition coefficient (Wildman–Crippen LogP) is 1.57. The summed E-state index contributed by atoms with van der Waals surface area (Å²) in [4.78, 5) is 14.7. The highest BCUT2D eigenvalue weighted by molar-refractivity contribution is 6.31. The minimum absolute atomic E-state index is 0.00312. The van der Waals surface area contributed by atoms with E-state index in [4.69, 9.17) is 16.3 Å². The van der Waals surface area contributed by atoms with E-state index < -0.39 is 0 Å². The molecule has 1 aromatic carbocycles. The number of halogens is 1. The third-order valence-electron chi connectivity index (χ3n) is 3.49. The van der Waals surface area contributed by atoms with E-state index in [1.165, 1.54) is 11.0 Å². The van der Waals surface area contributed by atoms with Crippen molar-refractivity contribution in [3.8, 4) is 5.69 Å². The molecule has 1 saturated heterocycles. The molecule has 0 bridgehead atoms. The lowest BCUT2D eigenvalue weighted by Crippen LogP contribution is -2.48. The number of morpholine rings is 1. The molecule has 1 aliphatic heterocycles. The standard InChI is InChI=1S/C14H16ClN5O2/c1-9-6-19(7-10(2)22-9)14(21)12-5-11(15)3-4-13(12)20-8-16-17-18-20/h3-5,8-10H,6-7H2,1-2H3/t9-,10-/m0/s1. The third-order valence-corrected chi connectivity index (χ3v) is 3.73. The number of carbonyl (C=O) groups excluding carboxylic acids is 1. The number of amides is 1. The Morgan fingerprint density at radius 2 is 2.05 bits per heavy atom. The zero-order valence-electron chi connectivity index (χ0n) is 12.3.